The molecule has 0 aliphatic heterocycles. The van der Waals surface area contributed by atoms with E-state index in [1.807, 2.05) is 0 Å². The van der Waals surface area contributed by atoms with Crippen LogP contribution in [0.2, 0.25) is 0 Å². The molecule has 0 aliphatic rings. The molecule has 0 aromatic carbocycles. The summed E-state index contributed by atoms with van der Waals surface area (Å²) in [6, 6.07) is 0. The molecule has 0 fully saturated rings. The zero-order valence-electron chi connectivity index (χ0n) is 18.0. The summed E-state index contributed by atoms with van der Waals surface area (Å²) in [6.45, 7) is 2.72. The quantitative estimate of drug-likeness (QED) is 0.149. The summed E-state index contributed by atoms with van der Waals surface area (Å²) in [5, 5.41) is 2.79. The van der Waals surface area contributed by atoms with Gasteiger partial charge >= 0.3 is 0 Å². The molecule has 6 heteroatoms. The fourth-order valence-electron chi connectivity index (χ4n) is 3.08. The Hall–Kier alpha value is -0.880. The molecular formula is C22H43NO4S. The highest BCUT2D eigenvalue weighted by Gasteiger charge is 2.04. The Morgan fingerprint density at radius 2 is 1.32 bits per heavy atom. The third kappa shape index (κ3) is 23.2. The maximum Gasteiger partial charge on any atom is 0.264 e. The molecule has 28 heavy (non-hydrogen) atoms. The molecule has 0 rings (SSSR count). The van der Waals surface area contributed by atoms with Crippen molar-refractivity contribution in [1.82, 2.24) is 5.32 Å². The third-order valence-electron chi connectivity index (χ3n) is 4.82. The Morgan fingerprint density at radius 1 is 0.786 bits per heavy atom. The van der Waals surface area contributed by atoms with Crippen molar-refractivity contribution in [3.8, 4) is 0 Å². The lowest BCUT2D eigenvalue weighted by molar-refractivity contribution is -0.121. The molecule has 0 spiro atoms. The van der Waals surface area contributed by atoms with Gasteiger partial charge in [0.2, 0.25) is 5.91 Å². The standard InChI is InChI=1S/C22H43NO4S/c1-2-3-4-5-6-7-8-9-10-11-12-13-14-15-16-19-22(24)23-20-17-18-21-28(25,26)27/h9-10H,2-8,11-21H2,1H3,(H,23,24)(H,25,26,27)/b10-9+. The van der Waals surface area contributed by atoms with Crippen LogP contribution in [0, 0.1) is 0 Å². The molecule has 0 atom stereocenters. The number of hydrogen-bond donors (Lipinski definition) is 2. The number of carbonyl (C=O) groups excluding carboxylic acids is 1. The highest BCUT2D eigenvalue weighted by atomic mass is 32.2. The normalized spacial score (nSPS) is 11.9. The topological polar surface area (TPSA) is 83.5 Å². The fraction of sp³-hybridized carbons (Fsp3) is 0.864. The summed E-state index contributed by atoms with van der Waals surface area (Å²) in [6.07, 6.45) is 22.3. The average Bonchev–Trinajstić information content (AvgIpc) is 2.63. The lowest BCUT2D eigenvalue weighted by atomic mass is 10.1. The molecule has 0 aliphatic carbocycles. The van der Waals surface area contributed by atoms with E-state index in [1.165, 1.54) is 70.6 Å². The number of carbonyl (C=O) groups is 1. The van der Waals surface area contributed by atoms with Gasteiger partial charge in [0.1, 0.15) is 0 Å². The van der Waals surface area contributed by atoms with Crippen molar-refractivity contribution < 1.29 is 17.8 Å². The molecule has 166 valence electrons. The number of amides is 1. The van der Waals surface area contributed by atoms with Crippen molar-refractivity contribution in [2.45, 2.75) is 110 Å². The van der Waals surface area contributed by atoms with E-state index in [9.17, 15) is 13.2 Å². The number of nitrogens with one attached hydrogen (secondary N) is 1. The Bertz CT molecular complexity index is 489. The second-order valence-corrected chi connectivity index (χ2v) is 9.25. The van der Waals surface area contributed by atoms with Gasteiger partial charge in [-0.1, -0.05) is 70.4 Å². The van der Waals surface area contributed by atoms with Gasteiger partial charge in [0.25, 0.3) is 10.1 Å². The van der Waals surface area contributed by atoms with Crippen molar-refractivity contribution in [3.05, 3.63) is 12.2 Å². The summed E-state index contributed by atoms with van der Waals surface area (Å²) >= 11 is 0. The molecule has 1 amide bonds. The van der Waals surface area contributed by atoms with E-state index in [0.717, 1.165) is 12.8 Å². The molecule has 0 heterocycles. The highest BCUT2D eigenvalue weighted by molar-refractivity contribution is 7.85. The second kappa shape index (κ2) is 19.4. The largest absolute Gasteiger partial charge is 0.356 e. The van der Waals surface area contributed by atoms with E-state index in [-0.39, 0.29) is 11.7 Å². The first-order valence-corrected chi connectivity index (χ1v) is 12.9. The van der Waals surface area contributed by atoms with Crippen LogP contribution in [0.25, 0.3) is 0 Å². The SMILES string of the molecule is CCCCCCCC/C=C/CCCCCCCC(=O)NCCCCS(=O)(=O)O. The monoisotopic (exact) mass is 417 g/mol. The number of rotatable bonds is 20. The third-order valence-corrected chi connectivity index (χ3v) is 5.62. The van der Waals surface area contributed by atoms with Crippen LogP contribution in [-0.4, -0.2) is 31.2 Å². The minimum absolute atomic E-state index is 0.0319. The van der Waals surface area contributed by atoms with Crippen LogP contribution < -0.4 is 5.32 Å². The maximum atomic E-state index is 11.6. The average molecular weight is 418 g/mol. The van der Waals surface area contributed by atoms with Gasteiger partial charge in [0.05, 0.1) is 5.75 Å². The van der Waals surface area contributed by atoms with E-state index >= 15 is 0 Å². The molecule has 0 aromatic rings. The summed E-state index contributed by atoms with van der Waals surface area (Å²) in [4.78, 5) is 11.6. The van der Waals surface area contributed by atoms with Gasteiger partial charge in [0.15, 0.2) is 0 Å². The van der Waals surface area contributed by atoms with Crippen molar-refractivity contribution in [1.29, 1.82) is 0 Å². The number of unbranched alkanes of at least 4 members (excludes halogenated alkanes) is 12. The highest BCUT2D eigenvalue weighted by Crippen LogP contribution is 2.10. The van der Waals surface area contributed by atoms with Crippen molar-refractivity contribution in [2.24, 2.45) is 0 Å². The summed E-state index contributed by atoms with van der Waals surface area (Å²) in [5.41, 5.74) is 0. The van der Waals surface area contributed by atoms with E-state index in [2.05, 4.69) is 24.4 Å². The van der Waals surface area contributed by atoms with Gasteiger partial charge in [-0.15, -0.1) is 0 Å². The molecule has 0 unspecified atom stereocenters. The van der Waals surface area contributed by atoms with Gasteiger partial charge in [-0.05, 0) is 44.9 Å². The van der Waals surface area contributed by atoms with E-state index in [4.69, 9.17) is 4.55 Å². The van der Waals surface area contributed by atoms with E-state index in [1.54, 1.807) is 0 Å². The van der Waals surface area contributed by atoms with Crippen molar-refractivity contribution in [3.63, 3.8) is 0 Å². The lowest BCUT2D eigenvalue weighted by Crippen LogP contribution is -2.24. The summed E-state index contributed by atoms with van der Waals surface area (Å²) in [7, 11) is -3.88. The van der Waals surface area contributed by atoms with E-state index in [0.29, 0.717) is 25.8 Å². The van der Waals surface area contributed by atoms with Crippen molar-refractivity contribution in [2.75, 3.05) is 12.3 Å². The lowest BCUT2D eigenvalue weighted by Gasteiger charge is -2.05. The van der Waals surface area contributed by atoms with Gasteiger partial charge in [-0.2, -0.15) is 8.42 Å². The Kier molecular flexibility index (Phi) is 18.8. The predicted octanol–water partition coefficient (Wildman–Crippen LogP) is 5.81. The smallest absolute Gasteiger partial charge is 0.264 e. The summed E-state index contributed by atoms with van der Waals surface area (Å²) in [5.74, 6) is -0.207. The zero-order valence-corrected chi connectivity index (χ0v) is 18.8. The van der Waals surface area contributed by atoms with Crippen LogP contribution >= 0.6 is 0 Å². The minimum Gasteiger partial charge on any atom is -0.356 e. The van der Waals surface area contributed by atoms with Crippen LogP contribution in [0.4, 0.5) is 0 Å². The van der Waals surface area contributed by atoms with Crippen LogP contribution in [-0.2, 0) is 14.9 Å². The predicted molar refractivity (Wildman–Crippen MR) is 118 cm³/mol. The molecule has 0 bridgehead atoms. The zero-order chi connectivity index (χ0) is 20.9. The van der Waals surface area contributed by atoms with Gasteiger partial charge in [-0.25, -0.2) is 0 Å². The summed E-state index contributed by atoms with van der Waals surface area (Å²) < 4.78 is 29.7. The van der Waals surface area contributed by atoms with Gasteiger partial charge in [-0.3, -0.25) is 9.35 Å². The first kappa shape index (κ1) is 27.1. The second-order valence-electron chi connectivity index (χ2n) is 7.68. The van der Waals surface area contributed by atoms with Crippen LogP contribution in [0.3, 0.4) is 0 Å². The Morgan fingerprint density at radius 3 is 1.89 bits per heavy atom. The molecule has 0 aromatic heterocycles. The fourth-order valence-corrected chi connectivity index (χ4v) is 3.65. The van der Waals surface area contributed by atoms with Gasteiger partial charge in [0, 0.05) is 13.0 Å². The van der Waals surface area contributed by atoms with Gasteiger partial charge < -0.3 is 5.32 Å². The molecule has 2 N–H and O–H groups in total. The Balaban J connectivity index is 3.27. The minimum atomic E-state index is -3.88. The number of hydrogen-bond acceptors (Lipinski definition) is 3. The molecular weight excluding hydrogens is 374 g/mol. The van der Waals surface area contributed by atoms with E-state index < -0.39 is 10.1 Å². The van der Waals surface area contributed by atoms with Crippen LogP contribution in [0.15, 0.2) is 12.2 Å². The molecule has 0 saturated heterocycles. The molecule has 0 saturated carbocycles. The molecule has 5 nitrogen and oxygen atoms in total. The number of allylic oxidation sites excluding steroid dienone is 2. The first-order chi connectivity index (χ1) is 13.5. The van der Waals surface area contributed by atoms with Crippen molar-refractivity contribution >= 4 is 16.0 Å². The van der Waals surface area contributed by atoms with Crippen LogP contribution in [0.5, 0.6) is 0 Å². The maximum absolute atomic E-state index is 11.6. The van der Waals surface area contributed by atoms with Crippen LogP contribution in [0.1, 0.15) is 110 Å². The Labute approximate surface area is 173 Å². The molecule has 0 radical (unpaired) electrons. The first-order valence-electron chi connectivity index (χ1n) is 11.3.